The van der Waals surface area contributed by atoms with Crippen LogP contribution in [0.2, 0.25) is 0 Å². The van der Waals surface area contributed by atoms with Crippen molar-refractivity contribution in [3.63, 3.8) is 0 Å². The summed E-state index contributed by atoms with van der Waals surface area (Å²) in [5.41, 5.74) is 5.93. The molecule has 1 aromatic carbocycles. The first kappa shape index (κ1) is 12.2. The molecule has 3 N–H and O–H groups in total. The standard InChI is InChI=1S/C12H16N4O2/c1-8(2)16-11(14-7-15-16)6-18-10-5-3-4-9(17)12(10)13/h3-5,7-8,17H,6,13H2,1-2H3. The van der Waals surface area contributed by atoms with Crippen molar-refractivity contribution < 1.29 is 9.84 Å². The number of phenols is 1. The lowest BCUT2D eigenvalue weighted by atomic mass is 10.3. The largest absolute Gasteiger partial charge is 0.506 e. The van der Waals surface area contributed by atoms with Crippen molar-refractivity contribution in [3.05, 3.63) is 30.4 Å². The van der Waals surface area contributed by atoms with E-state index in [2.05, 4.69) is 10.1 Å². The molecule has 0 aliphatic carbocycles. The molecule has 1 aromatic heterocycles. The number of phenolic OH excluding ortho intramolecular Hbond substituents is 1. The van der Waals surface area contributed by atoms with E-state index in [4.69, 9.17) is 10.5 Å². The second kappa shape index (κ2) is 4.95. The average molecular weight is 248 g/mol. The molecule has 0 atom stereocenters. The van der Waals surface area contributed by atoms with Crippen molar-refractivity contribution in [3.8, 4) is 11.5 Å². The fraction of sp³-hybridized carbons (Fsp3) is 0.333. The molecule has 0 unspecified atom stereocenters. The van der Waals surface area contributed by atoms with E-state index in [1.54, 1.807) is 16.8 Å². The number of para-hydroxylation sites is 1. The van der Waals surface area contributed by atoms with Gasteiger partial charge in [0.25, 0.3) is 0 Å². The quantitative estimate of drug-likeness (QED) is 0.635. The minimum absolute atomic E-state index is 0.0119. The van der Waals surface area contributed by atoms with Gasteiger partial charge in [-0.1, -0.05) is 6.07 Å². The van der Waals surface area contributed by atoms with Crippen LogP contribution in [0.15, 0.2) is 24.5 Å². The van der Waals surface area contributed by atoms with Crippen molar-refractivity contribution in [2.24, 2.45) is 0 Å². The number of nitrogens with two attached hydrogens (primary N) is 1. The van der Waals surface area contributed by atoms with Crippen LogP contribution in [0.25, 0.3) is 0 Å². The molecule has 1 heterocycles. The van der Waals surface area contributed by atoms with Gasteiger partial charge in [0.2, 0.25) is 0 Å². The van der Waals surface area contributed by atoms with E-state index in [1.165, 1.54) is 12.4 Å². The fourth-order valence-corrected chi connectivity index (χ4v) is 1.61. The van der Waals surface area contributed by atoms with Crippen molar-refractivity contribution in [1.29, 1.82) is 0 Å². The minimum atomic E-state index is 0.0119. The van der Waals surface area contributed by atoms with Crippen molar-refractivity contribution >= 4 is 5.69 Å². The molecule has 0 saturated carbocycles. The molecule has 0 fully saturated rings. The van der Waals surface area contributed by atoms with Gasteiger partial charge in [0, 0.05) is 6.04 Å². The van der Waals surface area contributed by atoms with E-state index in [0.717, 1.165) is 0 Å². The van der Waals surface area contributed by atoms with Gasteiger partial charge in [-0.05, 0) is 26.0 Å². The normalized spacial score (nSPS) is 10.8. The second-order valence-corrected chi connectivity index (χ2v) is 4.19. The molecular weight excluding hydrogens is 232 g/mol. The molecule has 0 radical (unpaired) electrons. The minimum Gasteiger partial charge on any atom is -0.506 e. The van der Waals surface area contributed by atoms with Crippen LogP contribution in [0.1, 0.15) is 25.7 Å². The molecule has 2 aromatic rings. The molecule has 0 bridgehead atoms. The van der Waals surface area contributed by atoms with Gasteiger partial charge in [0.15, 0.2) is 5.82 Å². The summed E-state index contributed by atoms with van der Waals surface area (Å²) in [6.45, 7) is 4.29. The van der Waals surface area contributed by atoms with E-state index in [9.17, 15) is 5.11 Å². The summed E-state index contributed by atoms with van der Waals surface area (Å²) in [6.07, 6.45) is 1.49. The van der Waals surface area contributed by atoms with Crippen LogP contribution >= 0.6 is 0 Å². The number of benzene rings is 1. The van der Waals surface area contributed by atoms with Gasteiger partial charge in [-0.2, -0.15) is 5.10 Å². The summed E-state index contributed by atoms with van der Waals surface area (Å²) in [5, 5.41) is 13.6. The molecule has 6 nitrogen and oxygen atoms in total. The maximum Gasteiger partial charge on any atom is 0.165 e. The summed E-state index contributed by atoms with van der Waals surface area (Å²) in [6, 6.07) is 5.10. The first-order valence-corrected chi connectivity index (χ1v) is 5.68. The zero-order chi connectivity index (χ0) is 13.1. The second-order valence-electron chi connectivity index (χ2n) is 4.19. The van der Waals surface area contributed by atoms with Crippen molar-refractivity contribution in [2.75, 3.05) is 5.73 Å². The van der Waals surface area contributed by atoms with Crippen LogP contribution in [0.3, 0.4) is 0 Å². The summed E-state index contributed by atoms with van der Waals surface area (Å²) < 4.78 is 7.32. The van der Waals surface area contributed by atoms with Gasteiger partial charge in [-0.3, -0.25) is 0 Å². The lowest BCUT2D eigenvalue weighted by molar-refractivity contribution is 0.283. The molecule has 96 valence electrons. The number of nitrogens with zero attached hydrogens (tertiary/aromatic N) is 3. The Morgan fingerprint density at radius 2 is 2.22 bits per heavy atom. The topological polar surface area (TPSA) is 86.2 Å². The molecule has 0 aliphatic rings. The number of aromatic nitrogens is 3. The summed E-state index contributed by atoms with van der Waals surface area (Å²) in [4.78, 5) is 4.13. The lowest BCUT2D eigenvalue weighted by Crippen LogP contribution is -2.11. The molecule has 0 saturated heterocycles. The number of hydrogen-bond acceptors (Lipinski definition) is 5. The van der Waals surface area contributed by atoms with E-state index in [1.807, 2.05) is 13.8 Å². The zero-order valence-corrected chi connectivity index (χ0v) is 10.4. The highest BCUT2D eigenvalue weighted by molar-refractivity contribution is 5.61. The Labute approximate surface area is 105 Å². The molecule has 0 spiro atoms. The number of rotatable bonds is 4. The van der Waals surface area contributed by atoms with Gasteiger partial charge in [-0.25, -0.2) is 9.67 Å². The fourth-order valence-electron chi connectivity index (χ4n) is 1.61. The number of anilines is 1. The van der Waals surface area contributed by atoms with E-state index in [0.29, 0.717) is 11.6 Å². The SMILES string of the molecule is CC(C)n1ncnc1COc1cccc(O)c1N. The van der Waals surface area contributed by atoms with Gasteiger partial charge in [-0.15, -0.1) is 0 Å². The average Bonchev–Trinajstić information content (AvgIpc) is 2.79. The van der Waals surface area contributed by atoms with E-state index < -0.39 is 0 Å². The Morgan fingerprint density at radius 1 is 1.44 bits per heavy atom. The maximum absolute atomic E-state index is 9.46. The van der Waals surface area contributed by atoms with Gasteiger partial charge in [0.1, 0.15) is 30.1 Å². The first-order chi connectivity index (χ1) is 8.59. The smallest absolute Gasteiger partial charge is 0.165 e. The van der Waals surface area contributed by atoms with E-state index in [-0.39, 0.29) is 24.1 Å². The summed E-state index contributed by atoms with van der Waals surface area (Å²) >= 11 is 0. The Morgan fingerprint density at radius 3 is 2.94 bits per heavy atom. The maximum atomic E-state index is 9.46. The number of hydrogen-bond donors (Lipinski definition) is 2. The highest BCUT2D eigenvalue weighted by Crippen LogP contribution is 2.30. The summed E-state index contributed by atoms with van der Waals surface area (Å²) in [5.74, 6) is 1.17. The molecule has 18 heavy (non-hydrogen) atoms. The number of aromatic hydroxyl groups is 1. The van der Waals surface area contributed by atoms with Crippen LogP contribution in [-0.2, 0) is 6.61 Å². The lowest BCUT2D eigenvalue weighted by Gasteiger charge is -2.12. The van der Waals surface area contributed by atoms with Gasteiger partial charge < -0.3 is 15.6 Å². The Hall–Kier alpha value is -2.24. The molecule has 6 heteroatoms. The Bertz CT molecular complexity index is 537. The Balaban J connectivity index is 2.12. The number of nitrogen functional groups attached to an aromatic ring is 1. The van der Waals surface area contributed by atoms with Crippen LogP contribution in [-0.4, -0.2) is 19.9 Å². The number of ether oxygens (including phenoxy) is 1. The molecule has 0 amide bonds. The predicted octanol–water partition coefficient (Wildman–Crippen LogP) is 1.73. The molecule has 2 rings (SSSR count). The highest BCUT2D eigenvalue weighted by atomic mass is 16.5. The van der Waals surface area contributed by atoms with Crippen LogP contribution < -0.4 is 10.5 Å². The third-order valence-corrected chi connectivity index (χ3v) is 2.54. The third kappa shape index (κ3) is 2.37. The highest BCUT2D eigenvalue weighted by Gasteiger charge is 2.10. The van der Waals surface area contributed by atoms with Crippen molar-refractivity contribution in [2.45, 2.75) is 26.5 Å². The summed E-state index contributed by atoms with van der Waals surface area (Å²) in [7, 11) is 0. The van der Waals surface area contributed by atoms with E-state index >= 15 is 0 Å². The zero-order valence-electron chi connectivity index (χ0n) is 10.4. The third-order valence-electron chi connectivity index (χ3n) is 2.54. The molecule has 0 aliphatic heterocycles. The van der Waals surface area contributed by atoms with Crippen LogP contribution in [0.4, 0.5) is 5.69 Å². The van der Waals surface area contributed by atoms with Gasteiger partial charge in [0.05, 0.1) is 0 Å². The van der Waals surface area contributed by atoms with Crippen LogP contribution in [0, 0.1) is 0 Å². The first-order valence-electron chi connectivity index (χ1n) is 5.68. The molecular formula is C12H16N4O2. The monoisotopic (exact) mass is 248 g/mol. The Kier molecular flexibility index (Phi) is 3.36. The van der Waals surface area contributed by atoms with Crippen molar-refractivity contribution in [1.82, 2.24) is 14.8 Å². The predicted molar refractivity (Wildman–Crippen MR) is 67.3 cm³/mol. The van der Waals surface area contributed by atoms with Gasteiger partial charge >= 0.3 is 0 Å². The van der Waals surface area contributed by atoms with Crippen LogP contribution in [0.5, 0.6) is 11.5 Å².